The molecular formula is C15H21N3OS. The van der Waals surface area contributed by atoms with E-state index in [1.165, 1.54) is 22.7 Å². The molecular weight excluding hydrogens is 270 g/mol. The molecule has 5 heteroatoms. The summed E-state index contributed by atoms with van der Waals surface area (Å²) in [6.07, 6.45) is 1.95. The summed E-state index contributed by atoms with van der Waals surface area (Å²) >= 11 is 1.39. The molecule has 1 aromatic heterocycles. The third-order valence-corrected chi connectivity index (χ3v) is 3.76. The molecule has 1 heterocycles. The second-order valence-corrected chi connectivity index (χ2v) is 5.47. The van der Waals surface area contributed by atoms with Gasteiger partial charge >= 0.3 is 0 Å². The van der Waals surface area contributed by atoms with Crippen LogP contribution in [0.25, 0.3) is 0 Å². The van der Waals surface area contributed by atoms with Gasteiger partial charge in [-0.25, -0.2) is 0 Å². The van der Waals surface area contributed by atoms with E-state index in [-0.39, 0.29) is 6.04 Å². The lowest BCUT2D eigenvalue weighted by Gasteiger charge is -2.18. The van der Waals surface area contributed by atoms with E-state index in [1.54, 1.807) is 7.11 Å². The van der Waals surface area contributed by atoms with Crippen molar-refractivity contribution in [3.05, 3.63) is 40.4 Å². The molecule has 108 valence electrons. The predicted molar refractivity (Wildman–Crippen MR) is 82.4 cm³/mol. The lowest BCUT2D eigenvalue weighted by atomic mass is 10.0. The summed E-state index contributed by atoms with van der Waals surface area (Å²) in [5.74, 6) is 0.932. The maximum absolute atomic E-state index is 5.46. The van der Waals surface area contributed by atoms with Crippen LogP contribution in [0, 0.1) is 6.92 Å². The van der Waals surface area contributed by atoms with Gasteiger partial charge < -0.3 is 10.1 Å². The average Bonchev–Trinajstić information content (AvgIpc) is 2.97. The molecule has 0 bridgehead atoms. The number of nitrogens with zero attached hydrogens (tertiary/aromatic N) is 2. The van der Waals surface area contributed by atoms with Crippen LogP contribution in [0.15, 0.2) is 23.6 Å². The summed E-state index contributed by atoms with van der Waals surface area (Å²) in [5.41, 5.74) is 3.45. The van der Waals surface area contributed by atoms with Gasteiger partial charge in [0, 0.05) is 5.38 Å². The Morgan fingerprint density at radius 2 is 2.25 bits per heavy atom. The number of aryl methyl sites for hydroxylation is 1. The number of benzene rings is 1. The van der Waals surface area contributed by atoms with Crippen molar-refractivity contribution in [1.29, 1.82) is 0 Å². The number of rotatable bonds is 7. The normalized spacial score (nSPS) is 12.3. The molecule has 0 aliphatic rings. The lowest BCUT2D eigenvalue weighted by molar-refractivity contribution is 0.404. The van der Waals surface area contributed by atoms with E-state index in [4.69, 9.17) is 4.74 Å². The highest BCUT2D eigenvalue weighted by molar-refractivity contribution is 7.03. The van der Waals surface area contributed by atoms with Gasteiger partial charge in [-0.3, -0.25) is 0 Å². The van der Waals surface area contributed by atoms with Gasteiger partial charge in [0.2, 0.25) is 0 Å². The van der Waals surface area contributed by atoms with Crippen molar-refractivity contribution < 1.29 is 4.74 Å². The van der Waals surface area contributed by atoms with Gasteiger partial charge in [0.25, 0.3) is 0 Å². The molecule has 0 radical (unpaired) electrons. The molecule has 1 atom stereocenters. The van der Waals surface area contributed by atoms with Crippen LogP contribution in [-0.2, 0) is 6.42 Å². The molecule has 0 amide bonds. The number of methoxy groups -OCH3 is 1. The molecule has 2 rings (SSSR count). The number of hydrogen-bond donors (Lipinski definition) is 1. The van der Waals surface area contributed by atoms with Crippen LogP contribution in [0.3, 0.4) is 0 Å². The quantitative estimate of drug-likeness (QED) is 0.851. The summed E-state index contributed by atoms with van der Waals surface area (Å²) in [7, 11) is 1.72. The number of nitrogens with one attached hydrogen (secondary N) is 1. The van der Waals surface area contributed by atoms with Crippen molar-refractivity contribution in [2.45, 2.75) is 32.7 Å². The largest absolute Gasteiger partial charge is 0.496 e. The highest BCUT2D eigenvalue weighted by atomic mass is 32.1. The Kier molecular flexibility index (Phi) is 5.49. The van der Waals surface area contributed by atoms with Crippen LogP contribution in [0.5, 0.6) is 5.75 Å². The first-order valence-corrected chi connectivity index (χ1v) is 7.72. The summed E-state index contributed by atoms with van der Waals surface area (Å²) < 4.78 is 9.44. The molecule has 20 heavy (non-hydrogen) atoms. The monoisotopic (exact) mass is 291 g/mol. The van der Waals surface area contributed by atoms with Crippen LogP contribution >= 0.6 is 11.5 Å². The zero-order valence-electron chi connectivity index (χ0n) is 12.2. The summed E-state index contributed by atoms with van der Waals surface area (Å²) in [6.45, 7) is 5.23. The fraction of sp³-hybridized carbons (Fsp3) is 0.467. The van der Waals surface area contributed by atoms with Crippen molar-refractivity contribution in [1.82, 2.24) is 14.9 Å². The molecule has 0 aliphatic heterocycles. The first-order chi connectivity index (χ1) is 9.74. The molecule has 0 saturated heterocycles. The van der Waals surface area contributed by atoms with Crippen LogP contribution in [0.2, 0.25) is 0 Å². The number of hydrogen-bond acceptors (Lipinski definition) is 5. The van der Waals surface area contributed by atoms with Gasteiger partial charge in [0.1, 0.15) is 5.75 Å². The number of ether oxygens (including phenoxy) is 1. The van der Waals surface area contributed by atoms with Gasteiger partial charge in [-0.15, -0.1) is 5.10 Å². The Hall–Kier alpha value is -1.46. The first-order valence-electron chi connectivity index (χ1n) is 6.88. The van der Waals surface area contributed by atoms with Crippen molar-refractivity contribution >= 4 is 11.5 Å². The third-order valence-electron chi connectivity index (χ3n) is 3.23. The van der Waals surface area contributed by atoms with Crippen LogP contribution in [0.1, 0.15) is 36.2 Å². The Balaban J connectivity index is 2.21. The van der Waals surface area contributed by atoms with E-state index in [2.05, 4.69) is 40.9 Å². The van der Waals surface area contributed by atoms with E-state index in [0.29, 0.717) is 0 Å². The summed E-state index contributed by atoms with van der Waals surface area (Å²) in [5, 5.41) is 9.76. The van der Waals surface area contributed by atoms with Crippen molar-refractivity contribution in [2.24, 2.45) is 0 Å². The fourth-order valence-electron chi connectivity index (χ4n) is 2.21. The van der Waals surface area contributed by atoms with Gasteiger partial charge in [-0.05, 0) is 49.5 Å². The summed E-state index contributed by atoms with van der Waals surface area (Å²) in [6, 6.07) is 6.46. The Bertz CT molecular complexity index is 528. The zero-order chi connectivity index (χ0) is 14.4. The highest BCUT2D eigenvalue weighted by Crippen LogP contribution is 2.25. The zero-order valence-corrected chi connectivity index (χ0v) is 13.0. The Morgan fingerprint density at radius 3 is 2.90 bits per heavy atom. The van der Waals surface area contributed by atoms with E-state index >= 15 is 0 Å². The Morgan fingerprint density at radius 1 is 1.40 bits per heavy atom. The molecule has 4 nitrogen and oxygen atoms in total. The van der Waals surface area contributed by atoms with Gasteiger partial charge in [0.15, 0.2) is 0 Å². The molecule has 0 saturated carbocycles. The second-order valence-electron chi connectivity index (χ2n) is 4.86. The summed E-state index contributed by atoms with van der Waals surface area (Å²) in [4.78, 5) is 0. The van der Waals surface area contributed by atoms with Crippen molar-refractivity contribution in [3.63, 3.8) is 0 Å². The van der Waals surface area contributed by atoms with E-state index in [9.17, 15) is 0 Å². The molecule has 0 fully saturated rings. The van der Waals surface area contributed by atoms with E-state index < -0.39 is 0 Å². The fourth-order valence-corrected chi connectivity index (χ4v) is 2.72. The van der Waals surface area contributed by atoms with Crippen LogP contribution < -0.4 is 10.1 Å². The van der Waals surface area contributed by atoms with Gasteiger partial charge in [-0.1, -0.05) is 29.1 Å². The lowest BCUT2D eigenvalue weighted by Crippen LogP contribution is -2.24. The van der Waals surface area contributed by atoms with E-state index in [1.807, 2.05) is 11.4 Å². The van der Waals surface area contributed by atoms with Crippen LogP contribution in [0.4, 0.5) is 0 Å². The highest BCUT2D eigenvalue weighted by Gasteiger charge is 2.16. The van der Waals surface area contributed by atoms with Gasteiger partial charge in [-0.2, -0.15) is 0 Å². The van der Waals surface area contributed by atoms with E-state index in [0.717, 1.165) is 30.8 Å². The maximum Gasteiger partial charge on any atom is 0.122 e. The van der Waals surface area contributed by atoms with Crippen molar-refractivity contribution in [2.75, 3.05) is 13.7 Å². The standard InChI is InChI=1S/C15H21N3OS/c1-4-7-16-13(14-10-20-18-17-14)9-12-8-11(2)5-6-15(12)19-3/h5-6,8,10,13,16H,4,7,9H2,1-3H3. The SMILES string of the molecule is CCCNC(Cc1cc(C)ccc1OC)c1csnn1. The topological polar surface area (TPSA) is 47.0 Å². The minimum atomic E-state index is 0.185. The minimum Gasteiger partial charge on any atom is -0.496 e. The van der Waals surface area contributed by atoms with Crippen LogP contribution in [-0.4, -0.2) is 23.2 Å². The molecule has 1 N–H and O–H groups in total. The average molecular weight is 291 g/mol. The maximum atomic E-state index is 5.46. The minimum absolute atomic E-state index is 0.185. The molecule has 1 aromatic carbocycles. The van der Waals surface area contributed by atoms with Gasteiger partial charge in [0.05, 0.1) is 18.8 Å². The molecule has 2 aromatic rings. The predicted octanol–water partition coefficient (Wildman–Crippen LogP) is 3.14. The Labute approximate surface area is 124 Å². The molecule has 1 unspecified atom stereocenters. The van der Waals surface area contributed by atoms with Crippen molar-refractivity contribution in [3.8, 4) is 5.75 Å². The number of aromatic nitrogens is 2. The second kappa shape index (κ2) is 7.36. The molecule has 0 aliphatic carbocycles. The molecule has 0 spiro atoms. The first kappa shape index (κ1) is 14.9. The smallest absolute Gasteiger partial charge is 0.122 e. The third kappa shape index (κ3) is 3.77.